The average Bonchev–Trinajstić information content (AvgIpc) is 2.59. The molecule has 0 aromatic heterocycles. The Morgan fingerprint density at radius 3 is 2.65 bits per heavy atom. The van der Waals surface area contributed by atoms with Gasteiger partial charge >= 0.3 is 0 Å². The summed E-state index contributed by atoms with van der Waals surface area (Å²) in [5.41, 5.74) is 6.27. The van der Waals surface area contributed by atoms with Gasteiger partial charge in [0.1, 0.15) is 6.04 Å². The van der Waals surface area contributed by atoms with Crippen LogP contribution in [0.2, 0.25) is 0 Å². The highest BCUT2D eigenvalue weighted by molar-refractivity contribution is 5.89. The Labute approximate surface area is 135 Å². The van der Waals surface area contributed by atoms with Gasteiger partial charge in [-0.1, -0.05) is 42.5 Å². The molecule has 0 aliphatic heterocycles. The van der Waals surface area contributed by atoms with Crippen molar-refractivity contribution in [2.24, 2.45) is 5.73 Å². The molecular weight excluding hydrogens is 294 g/mol. The molecule has 0 spiro atoms. The number of nitrogens with one attached hydrogen (secondary N) is 2. The molecule has 1 unspecified atom stereocenters. The zero-order valence-electron chi connectivity index (χ0n) is 13.0. The molecule has 0 aliphatic carbocycles. The monoisotopic (exact) mass is 315 g/mol. The molecule has 0 saturated heterocycles. The minimum atomic E-state index is -0.758. The number of fused-ring (bicyclic) bond motifs is 1. The average molecular weight is 315 g/mol. The lowest BCUT2D eigenvalue weighted by Gasteiger charge is -2.17. The van der Waals surface area contributed by atoms with E-state index in [4.69, 9.17) is 10.5 Å². The van der Waals surface area contributed by atoms with Crippen LogP contribution in [-0.4, -0.2) is 38.1 Å². The molecule has 6 nitrogen and oxygen atoms in total. The predicted octanol–water partition coefficient (Wildman–Crippen LogP) is 0.546. The predicted molar refractivity (Wildman–Crippen MR) is 88.7 cm³/mol. The summed E-state index contributed by atoms with van der Waals surface area (Å²) >= 11 is 0. The summed E-state index contributed by atoms with van der Waals surface area (Å²) in [4.78, 5) is 23.6. The molecule has 2 aromatic carbocycles. The van der Waals surface area contributed by atoms with Gasteiger partial charge in [0.2, 0.25) is 11.8 Å². The molecule has 0 radical (unpaired) electrons. The van der Waals surface area contributed by atoms with E-state index in [0.29, 0.717) is 6.54 Å². The third-order valence-corrected chi connectivity index (χ3v) is 3.50. The summed E-state index contributed by atoms with van der Waals surface area (Å²) in [6.07, 6.45) is 0. The first kappa shape index (κ1) is 16.9. The third kappa shape index (κ3) is 4.51. The Kier molecular flexibility index (Phi) is 6.08. The summed E-state index contributed by atoms with van der Waals surface area (Å²) in [7, 11) is 1.47. The lowest BCUT2D eigenvalue weighted by Crippen LogP contribution is -2.50. The van der Waals surface area contributed by atoms with Crippen LogP contribution in [0, 0.1) is 0 Å². The van der Waals surface area contributed by atoms with Crippen LogP contribution in [0.25, 0.3) is 10.8 Å². The number of hydrogen-bond donors (Lipinski definition) is 3. The van der Waals surface area contributed by atoms with E-state index in [1.165, 1.54) is 7.11 Å². The number of methoxy groups -OCH3 is 1. The summed E-state index contributed by atoms with van der Waals surface area (Å²) in [6, 6.07) is 13.2. The maximum atomic E-state index is 12.2. The summed E-state index contributed by atoms with van der Waals surface area (Å²) in [5, 5.41) is 7.57. The van der Waals surface area contributed by atoms with Crippen molar-refractivity contribution in [3.05, 3.63) is 48.0 Å². The van der Waals surface area contributed by atoms with Crippen molar-refractivity contribution in [2.45, 2.75) is 12.6 Å². The fourth-order valence-corrected chi connectivity index (χ4v) is 2.36. The van der Waals surface area contributed by atoms with Gasteiger partial charge in [-0.05, 0) is 16.3 Å². The molecule has 2 amide bonds. The molecule has 1 atom stereocenters. The molecule has 0 saturated carbocycles. The minimum Gasteiger partial charge on any atom is -0.382 e. The number of carbonyl (C=O) groups excluding carboxylic acids is 2. The second kappa shape index (κ2) is 8.26. The van der Waals surface area contributed by atoms with Gasteiger partial charge in [-0.3, -0.25) is 9.59 Å². The van der Waals surface area contributed by atoms with E-state index >= 15 is 0 Å². The van der Waals surface area contributed by atoms with Crippen molar-refractivity contribution < 1.29 is 14.3 Å². The molecule has 2 rings (SSSR count). The van der Waals surface area contributed by atoms with Gasteiger partial charge in [0, 0.05) is 13.7 Å². The molecule has 4 N–H and O–H groups in total. The van der Waals surface area contributed by atoms with E-state index in [2.05, 4.69) is 10.6 Å². The molecule has 2 aromatic rings. The quantitative estimate of drug-likeness (QED) is 0.695. The number of nitrogens with two attached hydrogens (primary N) is 1. The Hall–Kier alpha value is -2.44. The number of carbonyl (C=O) groups is 2. The highest BCUT2D eigenvalue weighted by Crippen LogP contribution is 2.18. The summed E-state index contributed by atoms with van der Waals surface area (Å²) < 4.78 is 4.98. The maximum Gasteiger partial charge on any atom is 0.245 e. The van der Waals surface area contributed by atoms with Gasteiger partial charge < -0.3 is 21.1 Å². The molecule has 0 bridgehead atoms. The molecule has 0 aliphatic rings. The van der Waals surface area contributed by atoms with Crippen molar-refractivity contribution in [1.82, 2.24) is 10.6 Å². The Bertz CT molecular complexity index is 682. The second-order valence-corrected chi connectivity index (χ2v) is 5.14. The number of amides is 2. The highest BCUT2D eigenvalue weighted by Gasteiger charge is 2.19. The van der Waals surface area contributed by atoms with Crippen LogP contribution in [0.3, 0.4) is 0 Å². The molecule has 122 valence electrons. The molecule has 0 heterocycles. The van der Waals surface area contributed by atoms with Crippen molar-refractivity contribution in [1.29, 1.82) is 0 Å². The SMILES string of the molecule is COCC(NC(=O)CN)C(=O)NCc1cccc2ccccc12. The fraction of sp³-hybridized carbons (Fsp3) is 0.294. The summed E-state index contributed by atoms with van der Waals surface area (Å²) in [6.45, 7) is 0.294. The zero-order chi connectivity index (χ0) is 16.7. The number of benzene rings is 2. The van der Waals surface area contributed by atoms with Crippen molar-refractivity contribution in [3.63, 3.8) is 0 Å². The Balaban J connectivity index is 2.05. The van der Waals surface area contributed by atoms with Crippen LogP contribution in [0.4, 0.5) is 0 Å². The van der Waals surface area contributed by atoms with E-state index < -0.39 is 11.9 Å². The maximum absolute atomic E-state index is 12.2. The summed E-state index contributed by atoms with van der Waals surface area (Å²) in [5.74, 6) is -0.700. The normalized spacial score (nSPS) is 11.9. The lowest BCUT2D eigenvalue weighted by molar-refractivity contribution is -0.129. The van der Waals surface area contributed by atoms with Gasteiger partial charge in [-0.15, -0.1) is 0 Å². The highest BCUT2D eigenvalue weighted by atomic mass is 16.5. The number of hydrogen-bond acceptors (Lipinski definition) is 4. The van der Waals surface area contributed by atoms with Crippen LogP contribution >= 0.6 is 0 Å². The van der Waals surface area contributed by atoms with Gasteiger partial charge in [0.15, 0.2) is 0 Å². The van der Waals surface area contributed by atoms with E-state index in [9.17, 15) is 9.59 Å². The van der Waals surface area contributed by atoms with Gasteiger partial charge in [-0.2, -0.15) is 0 Å². The van der Waals surface area contributed by atoms with E-state index in [-0.39, 0.29) is 19.1 Å². The van der Waals surface area contributed by atoms with Crippen molar-refractivity contribution in [3.8, 4) is 0 Å². The molecule has 0 fully saturated rings. The van der Waals surface area contributed by atoms with Crippen LogP contribution in [0.5, 0.6) is 0 Å². The van der Waals surface area contributed by atoms with Crippen LogP contribution in [0.1, 0.15) is 5.56 Å². The Morgan fingerprint density at radius 1 is 1.17 bits per heavy atom. The zero-order valence-corrected chi connectivity index (χ0v) is 13.0. The number of rotatable bonds is 7. The van der Waals surface area contributed by atoms with E-state index in [1.54, 1.807) is 0 Å². The molecular formula is C17H21N3O3. The standard InChI is InChI=1S/C17H21N3O3/c1-23-11-15(20-16(21)9-18)17(22)19-10-13-7-4-6-12-5-2-3-8-14(12)13/h2-8,15H,9-11,18H2,1H3,(H,19,22)(H,20,21). The van der Waals surface area contributed by atoms with Gasteiger partial charge in [0.05, 0.1) is 13.2 Å². The first-order valence-electron chi connectivity index (χ1n) is 7.38. The first-order valence-corrected chi connectivity index (χ1v) is 7.38. The second-order valence-electron chi connectivity index (χ2n) is 5.14. The smallest absolute Gasteiger partial charge is 0.245 e. The van der Waals surface area contributed by atoms with Crippen LogP contribution in [0.15, 0.2) is 42.5 Å². The van der Waals surface area contributed by atoms with E-state index in [0.717, 1.165) is 16.3 Å². The number of ether oxygens (including phenoxy) is 1. The van der Waals surface area contributed by atoms with E-state index in [1.807, 2.05) is 42.5 Å². The largest absolute Gasteiger partial charge is 0.382 e. The van der Waals surface area contributed by atoms with Gasteiger partial charge in [-0.25, -0.2) is 0 Å². The van der Waals surface area contributed by atoms with Crippen LogP contribution in [-0.2, 0) is 20.9 Å². The molecule has 6 heteroatoms. The topological polar surface area (TPSA) is 93.4 Å². The third-order valence-electron chi connectivity index (χ3n) is 3.50. The minimum absolute atomic E-state index is 0.0904. The van der Waals surface area contributed by atoms with Gasteiger partial charge in [0.25, 0.3) is 0 Å². The van der Waals surface area contributed by atoms with Crippen LogP contribution < -0.4 is 16.4 Å². The first-order chi connectivity index (χ1) is 11.2. The molecule has 23 heavy (non-hydrogen) atoms. The van der Waals surface area contributed by atoms with Crippen molar-refractivity contribution >= 4 is 22.6 Å². The Morgan fingerprint density at radius 2 is 1.91 bits per heavy atom. The fourth-order valence-electron chi connectivity index (χ4n) is 2.36. The van der Waals surface area contributed by atoms with Crippen molar-refractivity contribution in [2.75, 3.05) is 20.3 Å². The lowest BCUT2D eigenvalue weighted by atomic mass is 10.0.